The largest absolute Gasteiger partial charge is 0.283 e. The summed E-state index contributed by atoms with van der Waals surface area (Å²) in [6.07, 6.45) is 0.485. The molecule has 0 aliphatic carbocycles. The number of hydrogen-bond acceptors (Lipinski definition) is 2. The van der Waals surface area contributed by atoms with Crippen LogP contribution in [0, 0.1) is 0 Å². The highest BCUT2D eigenvalue weighted by Crippen LogP contribution is 2.18. The molecule has 0 aliphatic heterocycles. The Bertz CT molecular complexity index is 657. The van der Waals surface area contributed by atoms with Crippen LogP contribution in [-0.4, -0.2) is 14.2 Å². The van der Waals surface area contributed by atoms with Crippen LogP contribution in [0.4, 0.5) is 5.69 Å². The van der Waals surface area contributed by atoms with E-state index in [9.17, 15) is 8.42 Å². The molecule has 20 heavy (non-hydrogen) atoms. The summed E-state index contributed by atoms with van der Waals surface area (Å²) in [5.74, 6) is 0.324. The third-order valence-corrected chi connectivity index (χ3v) is 4.49. The Balaban J connectivity index is 2.04. The van der Waals surface area contributed by atoms with Crippen LogP contribution in [0.1, 0.15) is 11.1 Å². The standard InChI is InChI=1S/C15H16ClNO2S/c16-12-14-8-4-5-9-15(14)17-20(18,19)11-10-13-6-2-1-3-7-13/h1-9,17H,10-12H2. The molecule has 0 aliphatic rings. The fourth-order valence-corrected chi connectivity index (χ4v) is 3.23. The third-order valence-electron chi connectivity index (χ3n) is 2.93. The lowest BCUT2D eigenvalue weighted by atomic mass is 10.2. The van der Waals surface area contributed by atoms with Crippen molar-refractivity contribution in [2.75, 3.05) is 10.5 Å². The molecule has 0 saturated carbocycles. The fraction of sp³-hybridized carbons (Fsp3) is 0.200. The lowest BCUT2D eigenvalue weighted by Gasteiger charge is -2.11. The second-order valence-electron chi connectivity index (χ2n) is 4.45. The van der Waals surface area contributed by atoms with Crippen molar-refractivity contribution in [3.8, 4) is 0 Å². The second kappa shape index (κ2) is 6.77. The summed E-state index contributed by atoms with van der Waals surface area (Å²) >= 11 is 5.80. The maximum absolute atomic E-state index is 12.1. The van der Waals surface area contributed by atoms with Crippen LogP contribution in [0.25, 0.3) is 0 Å². The summed E-state index contributed by atoms with van der Waals surface area (Å²) < 4.78 is 26.8. The van der Waals surface area contributed by atoms with Crippen LogP contribution in [0.5, 0.6) is 0 Å². The fourth-order valence-electron chi connectivity index (χ4n) is 1.85. The van der Waals surface area contributed by atoms with Crippen molar-refractivity contribution in [3.05, 3.63) is 65.7 Å². The third kappa shape index (κ3) is 4.25. The molecule has 0 atom stereocenters. The lowest BCUT2D eigenvalue weighted by molar-refractivity contribution is 0.600. The van der Waals surface area contributed by atoms with Crippen molar-refractivity contribution in [2.24, 2.45) is 0 Å². The van der Waals surface area contributed by atoms with Crippen molar-refractivity contribution in [1.29, 1.82) is 0 Å². The van der Waals surface area contributed by atoms with Crippen LogP contribution >= 0.6 is 11.6 Å². The average Bonchev–Trinajstić information content (AvgIpc) is 2.47. The van der Waals surface area contributed by atoms with Crippen LogP contribution in [-0.2, 0) is 22.3 Å². The normalized spacial score (nSPS) is 11.2. The molecule has 0 heterocycles. The summed E-state index contributed by atoms with van der Waals surface area (Å²) in [6, 6.07) is 16.7. The molecule has 5 heteroatoms. The van der Waals surface area contributed by atoms with Crippen molar-refractivity contribution in [2.45, 2.75) is 12.3 Å². The van der Waals surface area contributed by atoms with Gasteiger partial charge in [-0.2, -0.15) is 0 Å². The first-order valence-corrected chi connectivity index (χ1v) is 8.48. The SMILES string of the molecule is O=S(=O)(CCc1ccccc1)Nc1ccccc1CCl. The van der Waals surface area contributed by atoms with Crippen molar-refractivity contribution in [3.63, 3.8) is 0 Å². The van der Waals surface area contributed by atoms with Gasteiger partial charge in [0.2, 0.25) is 10.0 Å². The van der Waals surface area contributed by atoms with Crippen LogP contribution in [0.3, 0.4) is 0 Å². The van der Waals surface area contributed by atoms with Gasteiger partial charge in [0.1, 0.15) is 0 Å². The van der Waals surface area contributed by atoms with Crippen LogP contribution < -0.4 is 4.72 Å². The van der Waals surface area contributed by atoms with Gasteiger partial charge in [0.25, 0.3) is 0 Å². The molecule has 0 amide bonds. The van der Waals surface area contributed by atoms with Gasteiger partial charge >= 0.3 is 0 Å². The zero-order valence-electron chi connectivity index (χ0n) is 10.9. The number of alkyl halides is 1. The van der Waals surface area contributed by atoms with Crippen LogP contribution in [0.2, 0.25) is 0 Å². The number of nitrogens with one attached hydrogen (secondary N) is 1. The first-order chi connectivity index (χ1) is 9.61. The van der Waals surface area contributed by atoms with E-state index in [-0.39, 0.29) is 11.6 Å². The molecule has 0 spiro atoms. The van der Waals surface area contributed by atoms with E-state index < -0.39 is 10.0 Å². The smallest absolute Gasteiger partial charge is 0.233 e. The molecule has 2 aromatic rings. The summed E-state index contributed by atoms with van der Waals surface area (Å²) in [7, 11) is -3.37. The molecule has 106 valence electrons. The van der Waals surface area contributed by atoms with Gasteiger partial charge in [-0.3, -0.25) is 4.72 Å². The topological polar surface area (TPSA) is 46.2 Å². The van der Waals surface area contributed by atoms with Crippen molar-refractivity contribution >= 4 is 27.3 Å². The molecule has 0 fully saturated rings. The zero-order chi connectivity index (χ0) is 14.4. The minimum Gasteiger partial charge on any atom is -0.283 e. The maximum Gasteiger partial charge on any atom is 0.233 e. The number of aryl methyl sites for hydroxylation is 1. The summed E-state index contributed by atoms with van der Waals surface area (Å²) in [4.78, 5) is 0. The minimum absolute atomic E-state index is 0.0492. The summed E-state index contributed by atoms with van der Waals surface area (Å²) in [6.45, 7) is 0. The average molecular weight is 310 g/mol. The molecule has 0 bridgehead atoms. The molecule has 3 nitrogen and oxygen atoms in total. The predicted molar refractivity (Wildman–Crippen MR) is 83.6 cm³/mol. The van der Waals surface area contributed by atoms with Gasteiger partial charge in [-0.05, 0) is 23.6 Å². The molecule has 1 N–H and O–H groups in total. The molecule has 0 saturated heterocycles. The zero-order valence-corrected chi connectivity index (χ0v) is 12.5. The number of halogens is 1. The van der Waals surface area contributed by atoms with Gasteiger partial charge in [-0.15, -0.1) is 11.6 Å². The molecule has 0 aromatic heterocycles. The van der Waals surface area contributed by atoms with E-state index in [0.29, 0.717) is 12.1 Å². The number of sulfonamides is 1. The van der Waals surface area contributed by atoms with Gasteiger partial charge in [-0.1, -0.05) is 48.5 Å². The van der Waals surface area contributed by atoms with Gasteiger partial charge in [0, 0.05) is 5.88 Å². The van der Waals surface area contributed by atoms with E-state index in [0.717, 1.165) is 11.1 Å². The van der Waals surface area contributed by atoms with Gasteiger partial charge in [0.15, 0.2) is 0 Å². The molecular formula is C15H16ClNO2S. The van der Waals surface area contributed by atoms with Crippen LogP contribution in [0.15, 0.2) is 54.6 Å². The number of rotatable bonds is 6. The Morgan fingerprint density at radius 3 is 2.30 bits per heavy atom. The predicted octanol–water partition coefficient (Wildman–Crippen LogP) is 3.41. The first kappa shape index (κ1) is 14.9. The van der Waals surface area contributed by atoms with Gasteiger partial charge in [-0.25, -0.2) is 8.42 Å². The lowest BCUT2D eigenvalue weighted by Crippen LogP contribution is -2.19. The first-order valence-electron chi connectivity index (χ1n) is 6.29. The highest BCUT2D eigenvalue weighted by atomic mass is 35.5. The monoisotopic (exact) mass is 309 g/mol. The van der Waals surface area contributed by atoms with Crippen molar-refractivity contribution in [1.82, 2.24) is 0 Å². The highest BCUT2D eigenvalue weighted by molar-refractivity contribution is 7.92. The maximum atomic E-state index is 12.1. The Morgan fingerprint density at radius 2 is 1.60 bits per heavy atom. The van der Waals surface area contributed by atoms with Gasteiger partial charge < -0.3 is 0 Å². The number of anilines is 1. The molecule has 2 aromatic carbocycles. The highest BCUT2D eigenvalue weighted by Gasteiger charge is 2.12. The van der Waals surface area contributed by atoms with E-state index in [1.54, 1.807) is 12.1 Å². The van der Waals surface area contributed by atoms with E-state index in [4.69, 9.17) is 11.6 Å². The molecule has 2 rings (SSSR count). The molecule has 0 unspecified atom stereocenters. The van der Waals surface area contributed by atoms with E-state index in [1.165, 1.54) is 0 Å². The molecule has 0 radical (unpaired) electrons. The Labute approximate surface area is 124 Å². The second-order valence-corrected chi connectivity index (χ2v) is 6.56. The number of para-hydroxylation sites is 1. The number of benzene rings is 2. The minimum atomic E-state index is -3.37. The van der Waals surface area contributed by atoms with E-state index in [1.807, 2.05) is 42.5 Å². The number of hydrogen-bond donors (Lipinski definition) is 1. The summed E-state index contributed by atoms with van der Waals surface area (Å²) in [5.41, 5.74) is 2.33. The van der Waals surface area contributed by atoms with Gasteiger partial charge in [0.05, 0.1) is 11.4 Å². The van der Waals surface area contributed by atoms with E-state index in [2.05, 4.69) is 4.72 Å². The van der Waals surface area contributed by atoms with E-state index >= 15 is 0 Å². The Morgan fingerprint density at radius 1 is 0.950 bits per heavy atom. The quantitative estimate of drug-likeness (QED) is 0.831. The van der Waals surface area contributed by atoms with Crippen molar-refractivity contribution < 1.29 is 8.42 Å². The Kier molecular flexibility index (Phi) is 5.04. The Hall–Kier alpha value is -1.52. The summed E-state index contributed by atoms with van der Waals surface area (Å²) in [5, 5.41) is 0. The molecular weight excluding hydrogens is 294 g/mol.